The Hall–Kier alpha value is -5.82. The largest absolute Gasteiger partial charge is 0.378 e. The molecule has 2 amide bonds. The third-order valence-corrected chi connectivity index (χ3v) is 11.0. The maximum Gasteiger partial charge on any atom is 0.239 e. The second-order valence-electron chi connectivity index (χ2n) is 14.0. The van der Waals surface area contributed by atoms with Gasteiger partial charge in [-0.3, -0.25) is 9.59 Å². The van der Waals surface area contributed by atoms with Gasteiger partial charge in [0.1, 0.15) is 16.6 Å². The smallest absolute Gasteiger partial charge is 0.239 e. The van der Waals surface area contributed by atoms with Crippen molar-refractivity contribution in [2.75, 3.05) is 0 Å². The number of carbonyl (C=O) groups excluding carboxylic acids is 2. The minimum atomic E-state index is -1.90. The highest BCUT2D eigenvalue weighted by Gasteiger charge is 2.59. The van der Waals surface area contributed by atoms with Crippen molar-refractivity contribution in [1.82, 2.24) is 4.90 Å². The summed E-state index contributed by atoms with van der Waals surface area (Å²) in [4.78, 5) is 31.6. The molecule has 1 saturated carbocycles. The molecule has 6 nitrogen and oxygen atoms in total. The van der Waals surface area contributed by atoms with Crippen LogP contribution in [-0.4, -0.2) is 26.9 Å². The molecule has 6 aromatic carbocycles. The van der Waals surface area contributed by atoms with Gasteiger partial charge in [-0.2, -0.15) is 0 Å². The van der Waals surface area contributed by atoms with Gasteiger partial charge in [0.15, 0.2) is 0 Å². The van der Waals surface area contributed by atoms with Crippen LogP contribution in [0.15, 0.2) is 182 Å². The van der Waals surface area contributed by atoms with Crippen molar-refractivity contribution < 1.29 is 19.8 Å². The van der Waals surface area contributed by atoms with E-state index in [2.05, 4.69) is 0 Å². The number of hydrogen-bond acceptors (Lipinski definition) is 4. The number of primary amides is 1. The monoisotopic (exact) mass is 700 g/mol. The Bertz CT molecular complexity index is 1890. The first-order chi connectivity index (χ1) is 25.8. The van der Waals surface area contributed by atoms with E-state index in [1.165, 1.54) is 0 Å². The van der Waals surface area contributed by atoms with Crippen LogP contribution in [0.4, 0.5) is 0 Å². The number of aliphatic hydroxyl groups is 2. The molecular formula is C47H44N2O4. The molecule has 6 aromatic rings. The van der Waals surface area contributed by atoms with Gasteiger partial charge < -0.3 is 20.8 Å². The molecule has 0 aliphatic heterocycles. The van der Waals surface area contributed by atoms with Crippen LogP contribution < -0.4 is 5.73 Å². The third-order valence-electron chi connectivity index (χ3n) is 11.0. The van der Waals surface area contributed by atoms with Crippen LogP contribution in [0.25, 0.3) is 0 Å². The molecule has 266 valence electrons. The van der Waals surface area contributed by atoms with Crippen LogP contribution in [0.3, 0.4) is 0 Å². The molecule has 0 bridgehead atoms. The van der Waals surface area contributed by atoms with Gasteiger partial charge in [-0.1, -0.05) is 195 Å². The molecular weight excluding hydrogens is 657 g/mol. The highest BCUT2D eigenvalue weighted by molar-refractivity contribution is 6.05. The summed E-state index contributed by atoms with van der Waals surface area (Å²) in [5, 5.41) is 27.7. The van der Waals surface area contributed by atoms with E-state index in [9.17, 15) is 15.0 Å². The summed E-state index contributed by atoms with van der Waals surface area (Å²) in [7, 11) is 0. The summed E-state index contributed by atoms with van der Waals surface area (Å²) in [6, 6.07) is 53.6. The maximum absolute atomic E-state index is 16.2. The van der Waals surface area contributed by atoms with E-state index in [1.54, 1.807) is 4.90 Å². The molecule has 6 heteroatoms. The first kappa shape index (κ1) is 35.6. The van der Waals surface area contributed by atoms with Crippen molar-refractivity contribution in [3.63, 3.8) is 0 Å². The van der Waals surface area contributed by atoms with Crippen molar-refractivity contribution >= 4 is 11.8 Å². The summed E-state index contributed by atoms with van der Waals surface area (Å²) >= 11 is 0. The van der Waals surface area contributed by atoms with Crippen LogP contribution in [-0.2, 0) is 20.8 Å². The van der Waals surface area contributed by atoms with Crippen LogP contribution >= 0.6 is 0 Å². The number of amides is 2. The zero-order valence-corrected chi connectivity index (χ0v) is 29.5. The summed E-state index contributed by atoms with van der Waals surface area (Å²) in [5.74, 6) is -1.25. The lowest BCUT2D eigenvalue weighted by atomic mass is 9.70. The first-order valence-electron chi connectivity index (χ1n) is 18.2. The fraction of sp³-hybridized carbons (Fsp3) is 0.191. The van der Waals surface area contributed by atoms with Gasteiger partial charge in [-0.05, 0) is 46.2 Å². The highest BCUT2D eigenvalue weighted by Crippen LogP contribution is 2.55. The molecule has 4 N–H and O–H groups in total. The minimum absolute atomic E-state index is 0.255. The normalized spacial score (nSPS) is 15.3. The van der Waals surface area contributed by atoms with Gasteiger partial charge in [0.2, 0.25) is 11.8 Å². The van der Waals surface area contributed by atoms with Crippen molar-refractivity contribution in [2.24, 2.45) is 11.1 Å². The topological polar surface area (TPSA) is 104 Å². The summed E-state index contributed by atoms with van der Waals surface area (Å²) in [6.07, 6.45) is 1.78. The number of benzene rings is 6. The molecule has 0 spiro atoms. The zero-order valence-electron chi connectivity index (χ0n) is 29.5. The van der Waals surface area contributed by atoms with Crippen molar-refractivity contribution in [3.8, 4) is 0 Å². The summed E-state index contributed by atoms with van der Waals surface area (Å²) in [5.41, 5.74) is 4.27. The minimum Gasteiger partial charge on any atom is -0.378 e. The Morgan fingerprint density at radius 2 is 0.755 bits per heavy atom. The molecule has 0 radical (unpaired) electrons. The number of hydrogen-bond donors (Lipinski definition) is 3. The van der Waals surface area contributed by atoms with Crippen molar-refractivity contribution in [2.45, 2.75) is 49.0 Å². The lowest BCUT2D eigenvalue weighted by Crippen LogP contribution is -2.59. The molecule has 0 heterocycles. The van der Waals surface area contributed by atoms with E-state index >= 15 is 4.79 Å². The Balaban J connectivity index is 1.66. The second kappa shape index (κ2) is 15.0. The Morgan fingerprint density at radius 3 is 1.02 bits per heavy atom. The lowest BCUT2D eigenvalue weighted by molar-refractivity contribution is -0.168. The van der Waals surface area contributed by atoms with E-state index in [0.29, 0.717) is 46.2 Å². The average Bonchev–Trinajstić information content (AvgIpc) is 3.74. The molecule has 53 heavy (non-hydrogen) atoms. The number of nitrogens with two attached hydrogens (primary N) is 1. The van der Waals surface area contributed by atoms with Crippen LogP contribution in [0.2, 0.25) is 0 Å². The van der Waals surface area contributed by atoms with E-state index in [1.807, 2.05) is 182 Å². The van der Waals surface area contributed by atoms with Gasteiger partial charge >= 0.3 is 0 Å². The lowest BCUT2D eigenvalue weighted by Gasteiger charge is -2.53. The Kier molecular flexibility index (Phi) is 10.1. The summed E-state index contributed by atoms with van der Waals surface area (Å²) in [6.45, 7) is 0. The van der Waals surface area contributed by atoms with E-state index in [4.69, 9.17) is 5.73 Å². The van der Waals surface area contributed by atoms with E-state index in [0.717, 1.165) is 0 Å². The fourth-order valence-electron chi connectivity index (χ4n) is 8.39. The Labute approximate surface area is 311 Å². The van der Waals surface area contributed by atoms with E-state index in [-0.39, 0.29) is 12.8 Å². The number of rotatable bonds is 12. The standard InChI is InChI=1S/C47H44N2O4/c48-43(50)45(33-19-20-34-45)44(51)49(41(35-21-7-1-8-22-35)46(52,37-25-11-3-12-26-37)38-27-13-4-14-28-38)42(36-23-9-2-10-24-36)47(53,39-29-15-5-16-30-39)40-31-17-6-18-32-40/h1-18,21-32,41-42,52-53H,19-20,33-34H2,(H2,48,50). The van der Waals surface area contributed by atoms with Crippen LogP contribution in [0, 0.1) is 5.41 Å². The summed E-state index contributed by atoms with van der Waals surface area (Å²) < 4.78 is 0. The first-order valence-corrected chi connectivity index (χ1v) is 18.2. The average molecular weight is 701 g/mol. The molecule has 0 saturated heterocycles. The molecule has 2 unspecified atom stereocenters. The van der Waals surface area contributed by atoms with Crippen LogP contribution in [0.5, 0.6) is 0 Å². The van der Waals surface area contributed by atoms with Gasteiger partial charge in [-0.25, -0.2) is 0 Å². The van der Waals surface area contributed by atoms with Gasteiger partial charge in [-0.15, -0.1) is 0 Å². The van der Waals surface area contributed by atoms with Gasteiger partial charge in [0, 0.05) is 0 Å². The number of carbonyl (C=O) groups is 2. The zero-order chi connectivity index (χ0) is 36.9. The second-order valence-corrected chi connectivity index (χ2v) is 14.0. The van der Waals surface area contributed by atoms with Crippen molar-refractivity contribution in [1.29, 1.82) is 0 Å². The quantitative estimate of drug-likeness (QED) is 0.112. The molecule has 7 rings (SSSR count). The van der Waals surface area contributed by atoms with Gasteiger partial charge in [0.05, 0.1) is 12.1 Å². The molecule has 2 atom stereocenters. The van der Waals surface area contributed by atoms with Crippen molar-refractivity contribution in [3.05, 3.63) is 215 Å². The molecule has 1 aliphatic carbocycles. The SMILES string of the molecule is NC(=O)C1(C(=O)N(C(c2ccccc2)C(O)(c2ccccc2)c2ccccc2)C(c2ccccc2)C(O)(c2ccccc2)c2ccccc2)CCCC1. The molecule has 1 fully saturated rings. The fourth-order valence-corrected chi connectivity index (χ4v) is 8.39. The molecule has 1 aliphatic rings. The van der Waals surface area contributed by atoms with Crippen LogP contribution in [0.1, 0.15) is 71.1 Å². The predicted octanol–water partition coefficient (Wildman–Crippen LogP) is 8.22. The molecule has 0 aromatic heterocycles. The third kappa shape index (κ3) is 6.35. The predicted molar refractivity (Wildman–Crippen MR) is 207 cm³/mol. The maximum atomic E-state index is 16.2. The van der Waals surface area contributed by atoms with Gasteiger partial charge in [0.25, 0.3) is 0 Å². The van der Waals surface area contributed by atoms with E-state index < -0.39 is 40.5 Å². The Morgan fingerprint density at radius 1 is 0.491 bits per heavy atom. The highest BCUT2D eigenvalue weighted by atomic mass is 16.3. The number of nitrogens with zero attached hydrogens (tertiary/aromatic N) is 1.